The van der Waals surface area contributed by atoms with Crippen molar-refractivity contribution in [1.29, 1.82) is 0 Å². The van der Waals surface area contributed by atoms with Gasteiger partial charge in [0.15, 0.2) is 0 Å². The van der Waals surface area contributed by atoms with Crippen molar-refractivity contribution in [3.8, 4) is 0 Å². The predicted molar refractivity (Wildman–Crippen MR) is 95.5 cm³/mol. The zero-order chi connectivity index (χ0) is 15.7. The summed E-state index contributed by atoms with van der Waals surface area (Å²) in [7, 11) is 1.58. The van der Waals surface area contributed by atoms with Crippen LogP contribution in [0, 0.1) is 45.3 Å². The van der Waals surface area contributed by atoms with Crippen LogP contribution in [0.4, 0.5) is 0 Å². The highest BCUT2D eigenvalue weighted by molar-refractivity contribution is 6.40. The molecule has 0 aromatic carbocycles. The molecule has 7 aliphatic rings. The van der Waals surface area contributed by atoms with Gasteiger partial charge in [0, 0.05) is 0 Å². The third kappa shape index (κ3) is 1.29. The molecular formula is C21H35B. The number of hydrogen-bond donors (Lipinski definition) is 0. The van der Waals surface area contributed by atoms with Gasteiger partial charge in [0.05, 0.1) is 0 Å². The van der Waals surface area contributed by atoms with Crippen LogP contribution >= 0.6 is 0 Å². The summed E-state index contributed by atoms with van der Waals surface area (Å²) in [5, 5.41) is 0. The first-order valence-electron chi connectivity index (χ1n) is 10.1. The molecule has 0 amide bonds. The van der Waals surface area contributed by atoms with Gasteiger partial charge in [0.2, 0.25) is 0 Å². The van der Waals surface area contributed by atoms with Gasteiger partial charge in [0.1, 0.15) is 7.28 Å². The van der Waals surface area contributed by atoms with Crippen LogP contribution in [0.15, 0.2) is 0 Å². The fraction of sp³-hybridized carbons (Fsp3) is 1.00. The van der Waals surface area contributed by atoms with E-state index in [9.17, 15) is 0 Å². The average Bonchev–Trinajstić information content (AvgIpc) is 3.11. The van der Waals surface area contributed by atoms with E-state index < -0.39 is 0 Å². The molecule has 0 N–H and O–H groups in total. The van der Waals surface area contributed by atoms with Gasteiger partial charge in [-0.25, -0.2) is 0 Å². The van der Waals surface area contributed by atoms with Gasteiger partial charge < -0.3 is 0 Å². The first kappa shape index (κ1) is 14.4. The van der Waals surface area contributed by atoms with Gasteiger partial charge in [-0.3, -0.25) is 0 Å². The normalized spacial score (nSPS) is 62.3. The minimum Gasteiger partial charge on any atom is -0.0626 e. The Morgan fingerprint density at radius 1 is 0.909 bits per heavy atom. The Kier molecular flexibility index (Phi) is 2.40. The highest BCUT2D eigenvalue weighted by Crippen LogP contribution is 2.91. The summed E-state index contributed by atoms with van der Waals surface area (Å²) in [5.74, 6) is 6.24. The van der Waals surface area contributed by atoms with Crippen molar-refractivity contribution in [3.63, 3.8) is 0 Å². The summed E-state index contributed by atoms with van der Waals surface area (Å²) in [6.45, 7) is 15.5. The minimum atomic E-state index is 0.664. The maximum atomic E-state index is 2.67. The van der Waals surface area contributed by atoms with Crippen LogP contribution in [0.5, 0.6) is 0 Å². The highest BCUT2D eigenvalue weighted by Gasteiger charge is 2.82. The van der Waals surface area contributed by atoms with Crippen LogP contribution in [0.3, 0.4) is 0 Å². The van der Waals surface area contributed by atoms with Crippen molar-refractivity contribution in [2.75, 3.05) is 0 Å². The first-order valence-corrected chi connectivity index (χ1v) is 10.1. The molecule has 0 aromatic rings. The number of fused-ring (bicyclic) bond motifs is 3. The Bertz CT molecular complexity index is 534. The van der Waals surface area contributed by atoms with Gasteiger partial charge in [-0.2, -0.15) is 0 Å². The molecule has 1 spiro atoms. The monoisotopic (exact) mass is 298 g/mol. The van der Waals surface area contributed by atoms with Gasteiger partial charge in [-0.15, -0.1) is 0 Å². The fourth-order valence-corrected chi connectivity index (χ4v) is 8.86. The van der Waals surface area contributed by atoms with E-state index in [-0.39, 0.29) is 0 Å². The largest absolute Gasteiger partial charge is 0.128 e. The van der Waals surface area contributed by atoms with Crippen molar-refractivity contribution < 1.29 is 0 Å². The zero-order valence-electron chi connectivity index (χ0n) is 15.7. The molecule has 0 aromatic heterocycles. The van der Waals surface area contributed by atoms with Gasteiger partial charge in [-0.1, -0.05) is 66.0 Å². The molecular weight excluding hydrogens is 263 g/mol. The molecule has 0 saturated heterocycles. The molecule has 122 valence electrons. The van der Waals surface area contributed by atoms with E-state index in [1.807, 2.05) is 0 Å². The zero-order valence-corrected chi connectivity index (χ0v) is 15.7. The molecule has 0 heterocycles. The van der Waals surface area contributed by atoms with Crippen molar-refractivity contribution >= 4 is 7.28 Å². The predicted octanol–water partition coefficient (Wildman–Crippen LogP) is 5.55. The summed E-state index contributed by atoms with van der Waals surface area (Å²) in [6.07, 6.45) is 7.80. The Morgan fingerprint density at radius 2 is 1.64 bits per heavy atom. The van der Waals surface area contributed by atoms with Crippen LogP contribution in [0.2, 0.25) is 11.6 Å². The summed E-state index contributed by atoms with van der Waals surface area (Å²) in [5.41, 5.74) is 2.83. The quantitative estimate of drug-likeness (QED) is 0.586. The van der Waals surface area contributed by atoms with E-state index in [0.717, 1.165) is 46.1 Å². The lowest BCUT2D eigenvalue weighted by atomic mass is 9.31. The molecule has 8 atom stereocenters. The molecule has 7 fully saturated rings. The van der Waals surface area contributed by atoms with Crippen molar-refractivity contribution in [1.82, 2.24) is 0 Å². The Morgan fingerprint density at radius 3 is 2.23 bits per heavy atom. The lowest BCUT2D eigenvalue weighted by molar-refractivity contribution is -0.112. The molecule has 0 nitrogen and oxygen atoms in total. The highest BCUT2D eigenvalue weighted by atomic mass is 14.9. The first-order chi connectivity index (χ1) is 10.1. The van der Waals surface area contributed by atoms with E-state index in [1.165, 1.54) is 0 Å². The third-order valence-corrected chi connectivity index (χ3v) is 11.1. The molecule has 0 radical (unpaired) electrons. The topological polar surface area (TPSA) is 0 Å². The molecule has 7 rings (SSSR count). The SMILES string of the molecule is C[C@H]1[C@H]2C[C@@H](C[C@@H]1B[C@H]1C[C@@H]3C[C@@]4(C[C@@]14C)C3(C)C)C2(C)C. The average molecular weight is 298 g/mol. The number of rotatable bonds is 2. The summed E-state index contributed by atoms with van der Waals surface area (Å²) in [4.78, 5) is 0. The maximum Gasteiger partial charge on any atom is 0.128 e. The van der Waals surface area contributed by atoms with Crippen LogP contribution in [-0.4, -0.2) is 7.28 Å². The van der Waals surface area contributed by atoms with Crippen molar-refractivity contribution in [3.05, 3.63) is 0 Å². The lowest BCUT2D eigenvalue weighted by Crippen LogP contribution is -2.57. The second-order valence-electron chi connectivity index (χ2n) is 11.7. The third-order valence-electron chi connectivity index (χ3n) is 11.1. The Hall–Kier alpha value is 0.0649. The summed E-state index contributed by atoms with van der Waals surface area (Å²) in [6, 6.07) is 0. The number of hydrogen-bond acceptors (Lipinski definition) is 0. The van der Waals surface area contributed by atoms with Crippen LogP contribution in [-0.2, 0) is 0 Å². The van der Waals surface area contributed by atoms with Crippen LogP contribution in [0.1, 0.15) is 73.6 Å². The van der Waals surface area contributed by atoms with E-state index in [1.54, 1.807) is 39.4 Å². The smallest absolute Gasteiger partial charge is 0.0626 e. The standard InChI is InChI=1S/C21H35B/c1-12-15-7-13(18(15,2)3)8-16(12)22-17-9-14-10-21(19(14,4)5)11-20(17,21)6/h12-17,22H,7-11H2,1-6H3/t12-,13-,14+,15+,16-,17-,20-,21+/m0/s1. The van der Waals surface area contributed by atoms with E-state index >= 15 is 0 Å². The Labute approximate surface area is 138 Å². The summed E-state index contributed by atoms with van der Waals surface area (Å²) < 4.78 is 0. The van der Waals surface area contributed by atoms with Crippen molar-refractivity contribution in [2.24, 2.45) is 45.3 Å². The van der Waals surface area contributed by atoms with Gasteiger partial charge >= 0.3 is 0 Å². The second-order valence-corrected chi connectivity index (χ2v) is 11.7. The summed E-state index contributed by atoms with van der Waals surface area (Å²) >= 11 is 0. The van der Waals surface area contributed by atoms with E-state index in [4.69, 9.17) is 0 Å². The van der Waals surface area contributed by atoms with Crippen molar-refractivity contribution in [2.45, 2.75) is 85.3 Å². The molecule has 0 unspecified atom stereocenters. The van der Waals surface area contributed by atoms with Crippen LogP contribution < -0.4 is 0 Å². The van der Waals surface area contributed by atoms with Gasteiger partial charge in [0.25, 0.3) is 0 Å². The second kappa shape index (κ2) is 3.67. The maximum absolute atomic E-state index is 2.67. The lowest BCUT2D eigenvalue weighted by Gasteiger charge is -2.64. The molecule has 0 aliphatic heterocycles. The van der Waals surface area contributed by atoms with E-state index in [2.05, 4.69) is 41.5 Å². The molecule has 7 saturated carbocycles. The molecule has 7 aliphatic carbocycles. The molecule has 22 heavy (non-hydrogen) atoms. The molecule has 1 heteroatoms. The Balaban J connectivity index is 1.33. The van der Waals surface area contributed by atoms with Gasteiger partial charge in [-0.05, 0) is 64.6 Å². The molecule has 4 bridgehead atoms. The minimum absolute atomic E-state index is 0.664. The fourth-order valence-electron chi connectivity index (χ4n) is 8.86. The van der Waals surface area contributed by atoms with E-state index in [0.29, 0.717) is 10.8 Å². The van der Waals surface area contributed by atoms with Crippen LogP contribution in [0.25, 0.3) is 0 Å².